The van der Waals surface area contributed by atoms with Crippen LogP contribution >= 0.6 is 11.5 Å². The fraction of sp³-hybridized carbons (Fsp3) is 0.333. The Labute approximate surface area is 113 Å². The molecule has 8 nitrogen and oxygen atoms in total. The first-order valence-electron chi connectivity index (χ1n) is 5.30. The van der Waals surface area contributed by atoms with Gasteiger partial charge in [-0.25, -0.2) is 9.17 Å². The van der Waals surface area contributed by atoms with Crippen LogP contribution in [0, 0.1) is 0 Å². The molecular formula is C9H9N3O5S2. The summed E-state index contributed by atoms with van der Waals surface area (Å²) in [5, 5.41) is 2.49. The van der Waals surface area contributed by atoms with E-state index in [1.165, 1.54) is 16.4 Å². The molecule has 3 heterocycles. The van der Waals surface area contributed by atoms with E-state index in [0.717, 1.165) is 11.1 Å². The number of amides is 2. The molecule has 10 heteroatoms. The third kappa shape index (κ3) is 2.23. The Hall–Kier alpha value is -1.49. The lowest BCUT2D eigenvalue weighted by Crippen LogP contribution is -2.36. The first-order valence-corrected chi connectivity index (χ1v) is 7.51. The van der Waals surface area contributed by atoms with Crippen molar-refractivity contribution in [2.45, 2.75) is 6.04 Å². The van der Waals surface area contributed by atoms with Gasteiger partial charge >= 0.3 is 16.4 Å². The zero-order valence-electron chi connectivity index (χ0n) is 9.46. The van der Waals surface area contributed by atoms with E-state index in [4.69, 9.17) is 4.55 Å². The summed E-state index contributed by atoms with van der Waals surface area (Å²) >= 11 is 1.26. The van der Waals surface area contributed by atoms with Crippen molar-refractivity contribution in [3.63, 3.8) is 0 Å². The maximum Gasteiger partial charge on any atom is 0.418 e. The minimum absolute atomic E-state index is 0.316. The molecule has 1 N–H and O–H groups in total. The molecule has 2 aliphatic heterocycles. The molecule has 2 aliphatic rings. The van der Waals surface area contributed by atoms with Gasteiger partial charge in [-0.15, -0.1) is 4.28 Å². The van der Waals surface area contributed by atoms with Crippen molar-refractivity contribution in [1.29, 1.82) is 0 Å². The largest absolute Gasteiger partial charge is 0.418 e. The Balaban J connectivity index is 1.95. The topological polar surface area (TPSA) is 100 Å². The molecule has 0 aromatic carbocycles. The second kappa shape index (κ2) is 4.27. The van der Waals surface area contributed by atoms with Gasteiger partial charge in [0.2, 0.25) is 0 Å². The number of hydrogen-bond donors (Lipinski definition) is 1. The second-order valence-electron chi connectivity index (χ2n) is 4.10. The first kappa shape index (κ1) is 12.5. The summed E-state index contributed by atoms with van der Waals surface area (Å²) in [6.07, 6.45) is 3.46. The standard InChI is InChI=1S/C9H9N3O5S2/c13-9-11-2-1-7(6-3-10-18-5-6)8(4-11)12(9)17-19(14,15)16/h1,3,5,8H,2,4H2,(H,14,15,16). The van der Waals surface area contributed by atoms with Gasteiger partial charge in [0.15, 0.2) is 0 Å². The van der Waals surface area contributed by atoms with E-state index < -0.39 is 22.5 Å². The van der Waals surface area contributed by atoms with Crippen LogP contribution in [-0.2, 0) is 14.7 Å². The van der Waals surface area contributed by atoms with E-state index in [2.05, 4.69) is 8.66 Å². The highest BCUT2D eigenvalue weighted by Crippen LogP contribution is 2.33. The minimum Gasteiger partial charge on any atom is -0.317 e. The Morgan fingerprint density at radius 3 is 2.95 bits per heavy atom. The highest BCUT2D eigenvalue weighted by Gasteiger charge is 2.45. The SMILES string of the molecule is O=C1N2CC=C(c3cnsc3)C(C2)N1OS(=O)(=O)O. The van der Waals surface area contributed by atoms with Crippen LogP contribution in [0.3, 0.4) is 0 Å². The number of nitrogens with zero attached hydrogens (tertiary/aromatic N) is 3. The molecule has 0 spiro atoms. The molecule has 2 amide bonds. The fourth-order valence-corrected chi connectivity index (χ4v) is 3.11. The molecule has 1 unspecified atom stereocenters. The van der Waals surface area contributed by atoms with Crippen molar-refractivity contribution in [1.82, 2.24) is 14.3 Å². The molecule has 1 saturated heterocycles. The van der Waals surface area contributed by atoms with E-state index in [-0.39, 0.29) is 0 Å². The van der Waals surface area contributed by atoms with Gasteiger partial charge in [0.1, 0.15) is 6.04 Å². The third-order valence-electron chi connectivity index (χ3n) is 2.97. The monoisotopic (exact) mass is 303 g/mol. The maximum absolute atomic E-state index is 11.9. The molecule has 3 rings (SSSR count). The van der Waals surface area contributed by atoms with Gasteiger partial charge in [-0.2, -0.15) is 13.5 Å². The van der Waals surface area contributed by atoms with Crippen LogP contribution in [0.25, 0.3) is 5.57 Å². The molecule has 0 saturated carbocycles. The van der Waals surface area contributed by atoms with Crippen molar-refractivity contribution in [3.8, 4) is 0 Å². The summed E-state index contributed by atoms with van der Waals surface area (Å²) in [5.41, 5.74) is 1.58. The zero-order valence-corrected chi connectivity index (χ0v) is 11.1. The summed E-state index contributed by atoms with van der Waals surface area (Å²) in [6.45, 7) is 0.682. The minimum atomic E-state index is -4.73. The highest BCUT2D eigenvalue weighted by atomic mass is 32.3. The van der Waals surface area contributed by atoms with Crippen molar-refractivity contribution in [2.75, 3.05) is 13.1 Å². The van der Waals surface area contributed by atoms with Crippen LogP contribution in [0.15, 0.2) is 17.7 Å². The van der Waals surface area contributed by atoms with E-state index in [1.807, 2.05) is 6.08 Å². The molecule has 1 aromatic heterocycles. The van der Waals surface area contributed by atoms with E-state index in [0.29, 0.717) is 18.2 Å². The molecule has 0 aliphatic carbocycles. The van der Waals surface area contributed by atoms with E-state index >= 15 is 0 Å². The van der Waals surface area contributed by atoms with Gasteiger partial charge < -0.3 is 4.90 Å². The lowest BCUT2D eigenvalue weighted by atomic mass is 9.99. The van der Waals surface area contributed by atoms with E-state index in [1.54, 1.807) is 11.6 Å². The van der Waals surface area contributed by atoms with Crippen molar-refractivity contribution < 1.29 is 22.0 Å². The predicted molar refractivity (Wildman–Crippen MR) is 65.3 cm³/mol. The number of fused-ring (bicyclic) bond motifs is 2. The van der Waals surface area contributed by atoms with Gasteiger partial charge in [0.05, 0.1) is 6.54 Å². The molecule has 1 fully saturated rings. The summed E-state index contributed by atoms with van der Waals surface area (Å²) < 4.78 is 38.7. The quantitative estimate of drug-likeness (QED) is 0.810. The number of aromatic nitrogens is 1. The average Bonchev–Trinajstić information content (AvgIpc) is 2.93. The second-order valence-corrected chi connectivity index (χ2v) is 5.77. The fourth-order valence-electron chi connectivity index (χ4n) is 2.20. The molecule has 1 aromatic rings. The van der Waals surface area contributed by atoms with E-state index in [9.17, 15) is 13.2 Å². The molecule has 1 atom stereocenters. The number of hydroxylamine groups is 2. The summed E-state index contributed by atoms with van der Waals surface area (Å²) in [5.74, 6) is 0. The van der Waals surface area contributed by atoms with Gasteiger partial charge in [0, 0.05) is 23.7 Å². The van der Waals surface area contributed by atoms with Gasteiger partial charge in [-0.1, -0.05) is 6.08 Å². The molecule has 0 radical (unpaired) electrons. The summed E-state index contributed by atoms with van der Waals surface area (Å²) in [4.78, 5) is 13.3. The maximum atomic E-state index is 11.9. The van der Waals surface area contributed by atoms with Crippen LogP contribution in [-0.4, -0.2) is 52.5 Å². The normalized spacial score (nSPS) is 22.9. The van der Waals surface area contributed by atoms with Crippen molar-refractivity contribution in [2.24, 2.45) is 0 Å². The van der Waals surface area contributed by atoms with Gasteiger partial charge in [-0.3, -0.25) is 4.55 Å². The summed E-state index contributed by atoms with van der Waals surface area (Å²) in [7, 11) is -4.73. The third-order valence-corrected chi connectivity index (χ3v) is 3.90. The Morgan fingerprint density at radius 2 is 2.32 bits per heavy atom. The van der Waals surface area contributed by atoms with Gasteiger partial charge in [0.25, 0.3) is 0 Å². The number of carbonyl (C=O) groups excluding carboxylic acids is 1. The molecule has 2 bridgehead atoms. The zero-order chi connectivity index (χ0) is 13.6. The lowest BCUT2D eigenvalue weighted by molar-refractivity contribution is -0.0160. The smallest absolute Gasteiger partial charge is 0.317 e. The Morgan fingerprint density at radius 1 is 1.53 bits per heavy atom. The van der Waals surface area contributed by atoms with Crippen molar-refractivity contribution >= 4 is 33.5 Å². The average molecular weight is 303 g/mol. The summed E-state index contributed by atoms with van der Waals surface area (Å²) in [6, 6.07) is -1.16. The Kier molecular flexibility index (Phi) is 2.82. The van der Waals surface area contributed by atoms with Crippen LogP contribution in [0.4, 0.5) is 4.79 Å². The number of rotatable bonds is 3. The lowest BCUT2D eigenvalue weighted by Gasteiger charge is -2.22. The molecule has 102 valence electrons. The van der Waals surface area contributed by atoms with Crippen LogP contribution in [0.1, 0.15) is 5.56 Å². The number of carbonyl (C=O) groups is 1. The Bertz CT molecular complexity index is 639. The predicted octanol–water partition coefficient (Wildman–Crippen LogP) is 0.381. The van der Waals surface area contributed by atoms with Crippen LogP contribution in [0.2, 0.25) is 0 Å². The van der Waals surface area contributed by atoms with Gasteiger partial charge in [-0.05, 0) is 17.1 Å². The molecule has 19 heavy (non-hydrogen) atoms. The number of hydrogen-bond acceptors (Lipinski definition) is 6. The first-order chi connectivity index (χ1) is 8.96. The molecular weight excluding hydrogens is 294 g/mol. The highest BCUT2D eigenvalue weighted by molar-refractivity contribution is 7.80. The number of urea groups is 1. The van der Waals surface area contributed by atoms with Crippen LogP contribution < -0.4 is 0 Å². The van der Waals surface area contributed by atoms with Crippen LogP contribution in [0.5, 0.6) is 0 Å². The van der Waals surface area contributed by atoms with Crippen molar-refractivity contribution in [3.05, 3.63) is 23.2 Å².